The number of hydrogen-bond acceptors (Lipinski definition) is 11. The maximum atomic E-state index is 13.2. The number of amides is 1. The number of unbranched alkanes of at least 4 members (excludes halogenated alkanes) is 36. The summed E-state index contributed by atoms with van der Waals surface area (Å²) in [5.74, 6) is -0.662. The number of carbonyl (C=O) groups is 1. The molecule has 8 unspecified atom stereocenters. The van der Waals surface area contributed by atoms with E-state index in [-0.39, 0.29) is 6.42 Å². The predicted octanol–water partition coefficient (Wildman–Crippen LogP) is 11.5. The highest BCUT2D eigenvalue weighted by Crippen LogP contribution is 2.26. The Morgan fingerprint density at radius 1 is 0.537 bits per heavy atom. The lowest BCUT2D eigenvalue weighted by molar-refractivity contribution is -0.298. The third-order valence-corrected chi connectivity index (χ3v) is 14.2. The van der Waals surface area contributed by atoms with Crippen LogP contribution < -0.4 is 5.32 Å². The van der Waals surface area contributed by atoms with Crippen LogP contribution >= 0.6 is 0 Å². The largest absolute Gasteiger partial charge is 0.397 e. The summed E-state index contributed by atoms with van der Waals surface area (Å²) in [6.45, 7) is 3.33. The Bertz CT molecular complexity index is 1210. The van der Waals surface area contributed by atoms with E-state index < -0.39 is 78.5 Å². The van der Waals surface area contributed by atoms with E-state index in [1.54, 1.807) is 0 Å². The highest BCUT2D eigenvalue weighted by Gasteiger charge is 2.48. The van der Waals surface area contributed by atoms with Gasteiger partial charge in [-0.3, -0.25) is 9.35 Å². The second kappa shape index (κ2) is 43.8. The quantitative estimate of drug-likeness (QED) is 0.0224. The first-order chi connectivity index (χ1) is 32.4. The summed E-state index contributed by atoms with van der Waals surface area (Å²) in [5, 5.41) is 55.7. The van der Waals surface area contributed by atoms with Crippen molar-refractivity contribution in [1.29, 1.82) is 0 Å². The van der Waals surface area contributed by atoms with Crippen LogP contribution in [0.5, 0.6) is 0 Å². The van der Waals surface area contributed by atoms with Crippen molar-refractivity contribution in [1.82, 2.24) is 5.32 Å². The Hall–Kier alpha value is -0.940. The van der Waals surface area contributed by atoms with Crippen LogP contribution in [-0.2, 0) is 28.9 Å². The average Bonchev–Trinajstić information content (AvgIpc) is 3.30. The van der Waals surface area contributed by atoms with Crippen molar-refractivity contribution in [3.8, 4) is 0 Å². The number of rotatable bonds is 49. The van der Waals surface area contributed by atoms with E-state index in [1.165, 1.54) is 193 Å². The molecular weight excluding hydrogens is 875 g/mol. The second-order valence-electron chi connectivity index (χ2n) is 20.0. The van der Waals surface area contributed by atoms with Gasteiger partial charge in [0.05, 0.1) is 25.4 Å². The molecule has 67 heavy (non-hydrogen) atoms. The molecule has 0 aromatic carbocycles. The third kappa shape index (κ3) is 35.8. The van der Waals surface area contributed by atoms with E-state index in [9.17, 15) is 43.3 Å². The lowest BCUT2D eigenvalue weighted by atomic mass is 9.99. The molecule has 1 aliphatic rings. The Labute approximate surface area is 410 Å². The van der Waals surface area contributed by atoms with Gasteiger partial charge in [-0.1, -0.05) is 258 Å². The zero-order valence-electron chi connectivity index (χ0n) is 42.9. The molecule has 14 heteroatoms. The Morgan fingerprint density at radius 2 is 0.866 bits per heavy atom. The molecule has 7 N–H and O–H groups in total. The van der Waals surface area contributed by atoms with Crippen molar-refractivity contribution < 1.29 is 57.0 Å². The Balaban J connectivity index is 2.42. The van der Waals surface area contributed by atoms with Crippen LogP contribution in [0.3, 0.4) is 0 Å². The molecule has 1 fully saturated rings. The van der Waals surface area contributed by atoms with E-state index in [2.05, 4.69) is 23.3 Å². The smallest absolute Gasteiger partial charge is 0.394 e. The summed E-state index contributed by atoms with van der Waals surface area (Å²) in [5.41, 5.74) is 0. The Morgan fingerprint density at radius 3 is 1.19 bits per heavy atom. The fourth-order valence-corrected chi connectivity index (χ4v) is 9.86. The molecule has 1 aliphatic heterocycles. The number of carbonyl (C=O) groups excluding carboxylic acids is 1. The highest BCUT2D eigenvalue weighted by molar-refractivity contribution is 7.80. The monoisotopic (exact) mass is 980 g/mol. The highest BCUT2D eigenvalue weighted by atomic mass is 32.3. The molecule has 0 saturated carbocycles. The van der Waals surface area contributed by atoms with Crippen LogP contribution in [0, 0.1) is 0 Å². The van der Waals surface area contributed by atoms with Crippen molar-refractivity contribution >= 4 is 16.3 Å². The molecule has 8 atom stereocenters. The molecule has 13 nitrogen and oxygen atoms in total. The van der Waals surface area contributed by atoms with E-state index >= 15 is 0 Å². The summed E-state index contributed by atoms with van der Waals surface area (Å²) >= 11 is 0. The number of aliphatic hydroxyl groups is 5. The molecule has 1 heterocycles. The molecule has 1 amide bonds. The van der Waals surface area contributed by atoms with Crippen LogP contribution in [0.15, 0.2) is 0 Å². The van der Waals surface area contributed by atoms with Crippen LogP contribution in [0.4, 0.5) is 0 Å². The molecule has 0 spiro atoms. The van der Waals surface area contributed by atoms with Gasteiger partial charge >= 0.3 is 10.4 Å². The van der Waals surface area contributed by atoms with Crippen molar-refractivity contribution in [2.75, 3.05) is 13.2 Å². The van der Waals surface area contributed by atoms with Gasteiger partial charge in [0, 0.05) is 0 Å². The molecule has 0 aromatic rings. The molecule has 0 bridgehead atoms. The van der Waals surface area contributed by atoms with Crippen molar-refractivity contribution in [3.05, 3.63) is 0 Å². The van der Waals surface area contributed by atoms with E-state index in [4.69, 9.17) is 9.47 Å². The van der Waals surface area contributed by atoms with Crippen molar-refractivity contribution in [2.24, 2.45) is 0 Å². The van der Waals surface area contributed by atoms with E-state index in [1.807, 2.05) is 0 Å². The first kappa shape index (κ1) is 64.1. The third-order valence-electron chi connectivity index (χ3n) is 13.8. The molecule has 0 radical (unpaired) electrons. The lowest BCUT2D eigenvalue weighted by Crippen LogP contribution is -2.61. The zero-order chi connectivity index (χ0) is 49.2. The van der Waals surface area contributed by atoms with E-state index in [0.29, 0.717) is 19.3 Å². The number of ether oxygens (including phenoxy) is 2. The summed E-state index contributed by atoms with van der Waals surface area (Å²) < 4.78 is 47.8. The minimum absolute atomic E-state index is 0.267. The van der Waals surface area contributed by atoms with Gasteiger partial charge in [0.15, 0.2) is 6.29 Å². The van der Waals surface area contributed by atoms with Crippen LogP contribution in [0.1, 0.15) is 271 Å². The number of nitrogens with one attached hydrogen (secondary N) is 1. The maximum absolute atomic E-state index is 13.2. The molecule has 0 aromatic heterocycles. The Kier molecular flexibility index (Phi) is 41.9. The number of aliphatic hydroxyl groups excluding tert-OH is 5. The molecule has 0 aliphatic carbocycles. The molecular formula is C53H105NO12S. The van der Waals surface area contributed by atoms with Crippen LogP contribution in [0.25, 0.3) is 0 Å². The second-order valence-corrected chi connectivity index (χ2v) is 21.1. The summed E-state index contributed by atoms with van der Waals surface area (Å²) in [7, 11) is -5.11. The standard InChI is InChI=1S/C53H105NO12S/c1-3-5-7-9-11-13-15-17-19-21-22-23-24-26-28-30-32-34-36-38-40-42-47(57)52(60)54-45(44-64-53-50(59)51(66-67(61,62)63)49(58)48(43-55)65-53)46(56)41-39-37-35-33-31-29-27-25-20-18-16-14-12-10-8-6-4-2/h45-51,53,55-59H,3-44H2,1-2H3,(H,54,60)(H,61,62,63). The van der Waals surface area contributed by atoms with Gasteiger partial charge in [0.2, 0.25) is 5.91 Å². The van der Waals surface area contributed by atoms with Crippen LogP contribution in [0.2, 0.25) is 0 Å². The molecule has 1 rings (SSSR count). The van der Waals surface area contributed by atoms with Gasteiger partial charge in [-0.15, -0.1) is 0 Å². The fourth-order valence-electron chi connectivity index (χ4n) is 9.35. The first-order valence-electron chi connectivity index (χ1n) is 28.0. The fraction of sp³-hybridized carbons (Fsp3) is 0.981. The minimum atomic E-state index is -5.11. The molecule has 1 saturated heterocycles. The van der Waals surface area contributed by atoms with Gasteiger partial charge in [0.25, 0.3) is 0 Å². The first-order valence-corrected chi connectivity index (χ1v) is 29.4. The summed E-state index contributed by atoms with van der Waals surface area (Å²) in [6.07, 6.45) is 37.1. The lowest BCUT2D eigenvalue weighted by Gasteiger charge is -2.41. The SMILES string of the molecule is CCCCCCCCCCCCCCCCCCCCCCCC(O)C(=O)NC(COC1OC(CO)C(O)C(OS(=O)(=O)O)C1O)C(O)CCCCCCCCCCCCCCCCCCC. The summed E-state index contributed by atoms with van der Waals surface area (Å²) in [4.78, 5) is 13.2. The maximum Gasteiger partial charge on any atom is 0.397 e. The van der Waals surface area contributed by atoms with Gasteiger partial charge in [-0.2, -0.15) is 8.42 Å². The van der Waals surface area contributed by atoms with Crippen molar-refractivity contribution in [2.45, 2.75) is 320 Å². The van der Waals surface area contributed by atoms with Gasteiger partial charge in [-0.05, 0) is 12.8 Å². The predicted molar refractivity (Wildman–Crippen MR) is 270 cm³/mol. The van der Waals surface area contributed by atoms with Gasteiger partial charge < -0.3 is 40.3 Å². The minimum Gasteiger partial charge on any atom is -0.394 e. The average molecular weight is 980 g/mol. The molecule has 400 valence electrons. The summed E-state index contributed by atoms with van der Waals surface area (Å²) in [6, 6.07) is -1.03. The topological polar surface area (TPSA) is 212 Å². The van der Waals surface area contributed by atoms with Gasteiger partial charge in [-0.25, -0.2) is 4.18 Å². The zero-order valence-corrected chi connectivity index (χ0v) is 43.7. The van der Waals surface area contributed by atoms with Crippen LogP contribution in [-0.4, -0.2) is 107 Å². The number of hydrogen-bond donors (Lipinski definition) is 7. The van der Waals surface area contributed by atoms with Gasteiger partial charge in [0.1, 0.15) is 30.5 Å². The van der Waals surface area contributed by atoms with E-state index in [0.717, 1.165) is 38.5 Å². The van der Waals surface area contributed by atoms with Crippen molar-refractivity contribution in [3.63, 3.8) is 0 Å². The normalized spacial score (nSPS) is 20.3.